The number of hydrogen-bond acceptors (Lipinski definition) is 4. The Morgan fingerprint density at radius 2 is 1.85 bits per heavy atom. The average Bonchev–Trinajstić information content (AvgIpc) is 3.37. The van der Waals surface area contributed by atoms with E-state index in [0.29, 0.717) is 0 Å². The van der Waals surface area contributed by atoms with Gasteiger partial charge in [-0.1, -0.05) is 0 Å². The van der Waals surface area contributed by atoms with Crippen LogP contribution in [0.4, 0.5) is 23.2 Å². The summed E-state index contributed by atoms with van der Waals surface area (Å²) in [7, 11) is -3.81. The molecule has 144 valence electrons. The molecular weight excluding hydrogens is 388 g/mol. The molecule has 0 atom stereocenters. The fourth-order valence-electron chi connectivity index (χ4n) is 2.72. The highest BCUT2D eigenvalue weighted by atomic mass is 32.2. The second-order valence-electron chi connectivity index (χ2n) is 6.38. The molecule has 1 aliphatic carbocycles. The Balaban J connectivity index is 1.85. The summed E-state index contributed by atoms with van der Waals surface area (Å²) < 4.78 is 76.1. The molecule has 0 spiro atoms. The maximum atomic E-state index is 13.3. The van der Waals surface area contributed by atoms with Crippen molar-refractivity contribution < 1.29 is 30.8 Å². The van der Waals surface area contributed by atoms with Gasteiger partial charge in [-0.3, -0.25) is 9.78 Å². The van der Waals surface area contributed by atoms with Crippen molar-refractivity contribution in [3.63, 3.8) is 0 Å². The number of halogens is 4. The van der Waals surface area contributed by atoms with Gasteiger partial charge in [-0.15, -0.1) is 0 Å². The quantitative estimate of drug-likeness (QED) is 0.795. The predicted octanol–water partition coefficient (Wildman–Crippen LogP) is 3.47. The van der Waals surface area contributed by atoms with Gasteiger partial charge < -0.3 is 5.32 Å². The summed E-state index contributed by atoms with van der Waals surface area (Å²) in [6, 6.07) is 5.16. The molecule has 1 fully saturated rings. The maximum absolute atomic E-state index is 13.3. The molecule has 10 heteroatoms. The van der Waals surface area contributed by atoms with E-state index < -0.39 is 38.0 Å². The fourth-order valence-corrected chi connectivity index (χ4v) is 3.57. The van der Waals surface area contributed by atoms with E-state index in [-0.39, 0.29) is 29.8 Å². The lowest BCUT2D eigenvalue weighted by molar-refractivity contribution is -0.161. The second kappa shape index (κ2) is 6.29. The lowest BCUT2D eigenvalue weighted by Gasteiger charge is -2.18. The zero-order chi connectivity index (χ0) is 20.0. The zero-order valence-electron chi connectivity index (χ0n) is 14.0. The van der Waals surface area contributed by atoms with Gasteiger partial charge in [-0.25, -0.2) is 12.8 Å². The number of carbonyl (C=O) groups excluding carboxylic acids is 1. The van der Waals surface area contributed by atoms with Gasteiger partial charge in [0.25, 0.3) is 5.91 Å². The molecule has 3 rings (SSSR count). The highest BCUT2D eigenvalue weighted by Crippen LogP contribution is 2.58. The molecule has 0 unspecified atom stereocenters. The van der Waals surface area contributed by atoms with Gasteiger partial charge in [0.05, 0.1) is 21.8 Å². The molecular formula is C17H14F4N2O3S. The Kier molecular flexibility index (Phi) is 4.49. The van der Waals surface area contributed by atoms with Crippen molar-refractivity contribution in [1.82, 2.24) is 4.98 Å². The van der Waals surface area contributed by atoms with Gasteiger partial charge in [0.1, 0.15) is 11.2 Å². The minimum Gasteiger partial charge on any atom is -0.321 e. The first-order chi connectivity index (χ1) is 12.4. The Labute approximate surface area is 152 Å². The van der Waals surface area contributed by atoms with Crippen LogP contribution in [0.3, 0.4) is 0 Å². The predicted molar refractivity (Wildman–Crippen MR) is 88.7 cm³/mol. The lowest BCUT2D eigenvalue weighted by atomic mass is 10.0. The van der Waals surface area contributed by atoms with E-state index in [4.69, 9.17) is 0 Å². The first-order valence-electron chi connectivity index (χ1n) is 7.78. The molecule has 1 aromatic heterocycles. The molecule has 27 heavy (non-hydrogen) atoms. The SMILES string of the molecule is CS(=O)(=O)c1cc(F)ccc1NC(=O)c1ccc(C2(C(F)(F)F)CC2)nc1. The van der Waals surface area contributed by atoms with Gasteiger partial charge in [0, 0.05) is 12.5 Å². The summed E-state index contributed by atoms with van der Waals surface area (Å²) in [5, 5.41) is 2.32. The summed E-state index contributed by atoms with van der Waals surface area (Å²) in [5.74, 6) is -1.57. The normalized spacial score (nSPS) is 16.0. The van der Waals surface area contributed by atoms with Crippen molar-refractivity contribution in [2.75, 3.05) is 11.6 Å². The van der Waals surface area contributed by atoms with Crippen molar-refractivity contribution in [2.45, 2.75) is 29.3 Å². The monoisotopic (exact) mass is 402 g/mol. The number of carbonyl (C=O) groups is 1. The molecule has 0 aliphatic heterocycles. The number of pyridine rings is 1. The molecule has 1 aliphatic rings. The van der Waals surface area contributed by atoms with E-state index in [2.05, 4.69) is 10.3 Å². The second-order valence-corrected chi connectivity index (χ2v) is 8.36. The third-order valence-electron chi connectivity index (χ3n) is 4.40. The van der Waals surface area contributed by atoms with E-state index in [0.717, 1.165) is 36.7 Å². The minimum atomic E-state index is -4.41. The molecule has 1 N–H and O–H groups in total. The number of hydrogen-bond donors (Lipinski definition) is 1. The van der Waals surface area contributed by atoms with E-state index >= 15 is 0 Å². The van der Waals surface area contributed by atoms with Gasteiger partial charge in [0.2, 0.25) is 0 Å². The van der Waals surface area contributed by atoms with Crippen LogP contribution >= 0.6 is 0 Å². The Bertz CT molecular complexity index is 998. The van der Waals surface area contributed by atoms with Gasteiger partial charge in [0.15, 0.2) is 9.84 Å². The molecule has 1 saturated carbocycles. The molecule has 1 amide bonds. The largest absolute Gasteiger partial charge is 0.399 e. The van der Waals surface area contributed by atoms with Crippen LogP contribution < -0.4 is 5.32 Å². The fraction of sp³-hybridized carbons (Fsp3) is 0.294. The molecule has 0 saturated heterocycles. The van der Waals surface area contributed by atoms with Gasteiger partial charge in [-0.05, 0) is 43.2 Å². The number of alkyl halides is 3. The van der Waals surface area contributed by atoms with Crippen LogP contribution in [0.2, 0.25) is 0 Å². The van der Waals surface area contributed by atoms with Crippen LogP contribution in [-0.2, 0) is 15.3 Å². The third kappa shape index (κ3) is 3.66. The van der Waals surface area contributed by atoms with Crippen molar-refractivity contribution in [3.05, 3.63) is 53.6 Å². The maximum Gasteiger partial charge on any atom is 0.399 e. The van der Waals surface area contributed by atoms with Crippen LogP contribution in [0.5, 0.6) is 0 Å². The van der Waals surface area contributed by atoms with E-state index in [1.807, 2.05) is 0 Å². The third-order valence-corrected chi connectivity index (χ3v) is 5.54. The van der Waals surface area contributed by atoms with Crippen molar-refractivity contribution >= 4 is 21.4 Å². The molecule has 2 aromatic rings. The number of nitrogens with zero attached hydrogens (tertiary/aromatic N) is 1. The summed E-state index contributed by atoms with van der Waals surface area (Å²) in [5.41, 5.74) is -2.31. The van der Waals surface area contributed by atoms with E-state index in [1.54, 1.807) is 0 Å². The van der Waals surface area contributed by atoms with Crippen LogP contribution in [0.15, 0.2) is 41.4 Å². The molecule has 5 nitrogen and oxygen atoms in total. The molecule has 0 bridgehead atoms. The van der Waals surface area contributed by atoms with Crippen molar-refractivity contribution in [1.29, 1.82) is 0 Å². The molecule has 1 heterocycles. The van der Waals surface area contributed by atoms with Crippen molar-refractivity contribution in [2.24, 2.45) is 0 Å². The van der Waals surface area contributed by atoms with Crippen molar-refractivity contribution in [3.8, 4) is 0 Å². The highest BCUT2D eigenvalue weighted by Gasteiger charge is 2.65. The number of rotatable bonds is 4. The van der Waals surface area contributed by atoms with Crippen LogP contribution in [0, 0.1) is 5.82 Å². The number of nitrogens with one attached hydrogen (secondary N) is 1. The number of benzene rings is 1. The number of anilines is 1. The molecule has 0 radical (unpaired) electrons. The van der Waals surface area contributed by atoms with Crippen LogP contribution in [0.1, 0.15) is 28.9 Å². The van der Waals surface area contributed by atoms with Crippen LogP contribution in [0.25, 0.3) is 0 Å². The number of sulfone groups is 1. The number of amides is 1. The lowest BCUT2D eigenvalue weighted by Crippen LogP contribution is -2.29. The zero-order valence-corrected chi connectivity index (χ0v) is 14.8. The first kappa shape index (κ1) is 19.3. The van der Waals surface area contributed by atoms with Gasteiger partial charge >= 0.3 is 6.18 Å². The number of aromatic nitrogens is 1. The first-order valence-corrected chi connectivity index (χ1v) is 9.67. The highest BCUT2D eigenvalue weighted by molar-refractivity contribution is 7.90. The van der Waals surface area contributed by atoms with Crippen LogP contribution in [-0.4, -0.2) is 31.7 Å². The standard InChI is InChI=1S/C17H14F4N2O3S/c1-27(25,26)13-8-11(18)3-4-12(13)23-15(24)10-2-5-14(22-9-10)16(6-7-16)17(19,20)21/h2-5,8-9H,6-7H2,1H3,(H,23,24). The summed E-state index contributed by atoms with van der Waals surface area (Å²) in [6.07, 6.45) is -2.66. The molecule has 1 aromatic carbocycles. The summed E-state index contributed by atoms with van der Waals surface area (Å²) in [4.78, 5) is 15.7. The topological polar surface area (TPSA) is 76.1 Å². The minimum absolute atomic E-state index is 0.0532. The summed E-state index contributed by atoms with van der Waals surface area (Å²) in [6.45, 7) is 0. The van der Waals surface area contributed by atoms with E-state index in [9.17, 15) is 30.8 Å². The van der Waals surface area contributed by atoms with Gasteiger partial charge in [-0.2, -0.15) is 13.2 Å². The van der Waals surface area contributed by atoms with E-state index in [1.165, 1.54) is 6.07 Å². The smallest absolute Gasteiger partial charge is 0.321 e. The Morgan fingerprint density at radius 1 is 1.19 bits per heavy atom. The average molecular weight is 402 g/mol. The summed E-state index contributed by atoms with van der Waals surface area (Å²) >= 11 is 0. The Morgan fingerprint density at radius 3 is 2.33 bits per heavy atom. The Hall–Kier alpha value is -2.49.